The zero-order valence-electron chi connectivity index (χ0n) is 9.07. The number of hydrogen-bond donors (Lipinski definition) is 1. The maximum absolute atomic E-state index is 11.8. The average Bonchev–Trinajstić information content (AvgIpc) is 2.65. The molecular weight excluding hydrogens is 212 g/mol. The molecule has 0 aliphatic carbocycles. The van der Waals surface area contributed by atoms with Gasteiger partial charge in [-0.2, -0.15) is 0 Å². The van der Waals surface area contributed by atoms with Gasteiger partial charge in [-0.25, -0.2) is 12.7 Å². The summed E-state index contributed by atoms with van der Waals surface area (Å²) >= 11 is 0. The molecule has 1 fully saturated rings. The molecule has 86 valence electrons. The molecule has 4 nitrogen and oxygen atoms in total. The molecule has 1 atom stereocenters. The molecule has 1 saturated heterocycles. The fourth-order valence-corrected chi connectivity index (χ4v) is 3.28. The maximum Gasteiger partial charge on any atom is 0.215 e. The summed E-state index contributed by atoms with van der Waals surface area (Å²) in [5.41, 5.74) is 0. The van der Waals surface area contributed by atoms with Gasteiger partial charge in [0.2, 0.25) is 10.0 Å². The van der Waals surface area contributed by atoms with Gasteiger partial charge in [0.15, 0.2) is 0 Å². The summed E-state index contributed by atoms with van der Waals surface area (Å²) in [6.07, 6.45) is 6.31. The van der Waals surface area contributed by atoms with Crippen molar-refractivity contribution in [3.63, 3.8) is 0 Å². The molecule has 0 aromatic heterocycles. The van der Waals surface area contributed by atoms with Crippen molar-refractivity contribution >= 4 is 10.0 Å². The molecule has 1 heterocycles. The van der Waals surface area contributed by atoms with E-state index in [9.17, 15) is 8.42 Å². The lowest BCUT2D eigenvalue weighted by Gasteiger charge is -2.15. The third kappa shape index (κ3) is 3.49. The van der Waals surface area contributed by atoms with Gasteiger partial charge in [-0.3, -0.25) is 0 Å². The molecular formula is C10H18N2O2S. The van der Waals surface area contributed by atoms with Crippen LogP contribution in [0.1, 0.15) is 12.8 Å². The second-order valence-corrected chi connectivity index (χ2v) is 5.93. The van der Waals surface area contributed by atoms with Gasteiger partial charge in [0.05, 0.1) is 5.75 Å². The molecule has 5 heteroatoms. The van der Waals surface area contributed by atoms with E-state index >= 15 is 0 Å². The molecule has 0 spiro atoms. The maximum atomic E-state index is 11.8. The topological polar surface area (TPSA) is 49.4 Å². The number of sulfonamides is 1. The van der Waals surface area contributed by atoms with E-state index in [1.165, 1.54) is 0 Å². The van der Waals surface area contributed by atoms with Gasteiger partial charge in [-0.05, 0) is 25.9 Å². The predicted octanol–water partition coefficient (Wildman–Crippen LogP) is -0.119. The molecule has 0 aromatic carbocycles. The lowest BCUT2D eigenvalue weighted by molar-refractivity contribution is 0.451. The van der Waals surface area contributed by atoms with Crippen molar-refractivity contribution in [2.75, 3.05) is 32.4 Å². The van der Waals surface area contributed by atoms with E-state index in [0.29, 0.717) is 25.4 Å². The van der Waals surface area contributed by atoms with Crippen molar-refractivity contribution in [2.24, 2.45) is 5.92 Å². The Labute approximate surface area is 92.1 Å². The highest BCUT2D eigenvalue weighted by molar-refractivity contribution is 7.89. The summed E-state index contributed by atoms with van der Waals surface area (Å²) in [6.45, 7) is 2.15. The van der Waals surface area contributed by atoms with E-state index in [1.54, 1.807) is 4.31 Å². The van der Waals surface area contributed by atoms with Gasteiger partial charge >= 0.3 is 0 Å². The minimum Gasteiger partial charge on any atom is -0.319 e. The molecule has 0 saturated carbocycles. The third-order valence-corrected chi connectivity index (χ3v) is 4.48. The smallest absolute Gasteiger partial charge is 0.215 e. The average molecular weight is 230 g/mol. The Morgan fingerprint density at radius 1 is 1.60 bits per heavy atom. The summed E-state index contributed by atoms with van der Waals surface area (Å²) in [7, 11) is -1.23. The van der Waals surface area contributed by atoms with Crippen molar-refractivity contribution in [3.05, 3.63) is 0 Å². The van der Waals surface area contributed by atoms with E-state index in [-0.39, 0.29) is 5.75 Å². The molecule has 0 bridgehead atoms. The number of terminal acetylenes is 1. The molecule has 1 N–H and O–H groups in total. The normalized spacial score (nSPS) is 22.8. The summed E-state index contributed by atoms with van der Waals surface area (Å²) in [4.78, 5) is 0. The van der Waals surface area contributed by atoms with Crippen molar-refractivity contribution < 1.29 is 8.42 Å². The van der Waals surface area contributed by atoms with Crippen LogP contribution in [-0.4, -0.2) is 45.2 Å². The first kappa shape index (κ1) is 12.5. The van der Waals surface area contributed by atoms with Gasteiger partial charge in [-0.1, -0.05) is 0 Å². The number of hydrogen-bond acceptors (Lipinski definition) is 3. The third-order valence-electron chi connectivity index (χ3n) is 2.64. The first-order valence-corrected chi connectivity index (χ1v) is 6.77. The van der Waals surface area contributed by atoms with Crippen LogP contribution in [0.3, 0.4) is 0 Å². The largest absolute Gasteiger partial charge is 0.319 e. The van der Waals surface area contributed by atoms with E-state index in [2.05, 4.69) is 11.2 Å². The zero-order valence-corrected chi connectivity index (χ0v) is 9.89. The Kier molecular flexibility index (Phi) is 4.58. The fraction of sp³-hybridized carbons (Fsp3) is 0.800. The molecule has 1 aliphatic heterocycles. The number of nitrogens with zero attached hydrogens (tertiary/aromatic N) is 1. The first-order valence-electron chi connectivity index (χ1n) is 5.16. The lowest BCUT2D eigenvalue weighted by atomic mass is 10.1. The van der Waals surface area contributed by atoms with E-state index in [4.69, 9.17) is 6.42 Å². The minimum atomic E-state index is -3.11. The monoisotopic (exact) mass is 230 g/mol. The van der Waals surface area contributed by atoms with Crippen LogP contribution in [0.25, 0.3) is 0 Å². The van der Waals surface area contributed by atoms with Gasteiger partial charge in [0.25, 0.3) is 0 Å². The van der Waals surface area contributed by atoms with Gasteiger partial charge in [-0.15, -0.1) is 12.3 Å². The van der Waals surface area contributed by atoms with Gasteiger partial charge in [0, 0.05) is 19.5 Å². The molecule has 0 radical (unpaired) electrons. The van der Waals surface area contributed by atoms with E-state index < -0.39 is 10.0 Å². The SMILES string of the molecule is C#CCCS(=O)(=O)N1CCC(CNC)C1. The summed E-state index contributed by atoms with van der Waals surface area (Å²) in [5.74, 6) is 2.88. The Balaban J connectivity index is 2.49. The Bertz CT molecular complexity index is 332. The molecule has 1 unspecified atom stereocenters. The summed E-state index contributed by atoms with van der Waals surface area (Å²) in [6, 6.07) is 0. The molecule has 0 aromatic rings. The van der Waals surface area contributed by atoms with E-state index in [1.807, 2.05) is 7.05 Å². The highest BCUT2D eigenvalue weighted by atomic mass is 32.2. The van der Waals surface area contributed by atoms with Crippen molar-refractivity contribution in [3.8, 4) is 12.3 Å². The lowest BCUT2D eigenvalue weighted by Crippen LogP contribution is -2.32. The van der Waals surface area contributed by atoms with Crippen LogP contribution in [0.2, 0.25) is 0 Å². The summed E-state index contributed by atoms with van der Waals surface area (Å²) < 4.78 is 25.1. The van der Waals surface area contributed by atoms with Crippen LogP contribution in [0.5, 0.6) is 0 Å². The predicted molar refractivity (Wildman–Crippen MR) is 60.8 cm³/mol. The number of nitrogens with one attached hydrogen (secondary N) is 1. The van der Waals surface area contributed by atoms with Gasteiger partial charge < -0.3 is 5.32 Å². The molecule has 1 rings (SSSR count). The standard InChI is InChI=1S/C10H18N2O2S/c1-3-4-7-15(13,14)12-6-5-10(9-12)8-11-2/h1,10-11H,4-9H2,2H3. The molecule has 1 aliphatic rings. The Hall–Kier alpha value is -0.570. The van der Waals surface area contributed by atoms with Crippen LogP contribution in [0.15, 0.2) is 0 Å². The second kappa shape index (κ2) is 5.50. The van der Waals surface area contributed by atoms with Crippen LogP contribution in [0.4, 0.5) is 0 Å². The van der Waals surface area contributed by atoms with Crippen LogP contribution >= 0.6 is 0 Å². The Morgan fingerprint density at radius 3 is 2.93 bits per heavy atom. The minimum absolute atomic E-state index is 0.0791. The molecule has 15 heavy (non-hydrogen) atoms. The fourth-order valence-electron chi connectivity index (χ4n) is 1.82. The van der Waals surface area contributed by atoms with Crippen LogP contribution < -0.4 is 5.32 Å². The van der Waals surface area contributed by atoms with Crippen molar-refractivity contribution in [1.82, 2.24) is 9.62 Å². The molecule has 0 amide bonds. The van der Waals surface area contributed by atoms with Crippen LogP contribution in [-0.2, 0) is 10.0 Å². The number of rotatable bonds is 5. The van der Waals surface area contributed by atoms with Crippen molar-refractivity contribution in [1.29, 1.82) is 0 Å². The van der Waals surface area contributed by atoms with E-state index in [0.717, 1.165) is 13.0 Å². The van der Waals surface area contributed by atoms with Gasteiger partial charge in [0.1, 0.15) is 0 Å². The highest BCUT2D eigenvalue weighted by Gasteiger charge is 2.30. The second-order valence-electron chi connectivity index (χ2n) is 3.84. The quantitative estimate of drug-likeness (QED) is 0.670. The first-order chi connectivity index (χ1) is 7.10. The van der Waals surface area contributed by atoms with Crippen LogP contribution in [0, 0.1) is 18.3 Å². The Morgan fingerprint density at radius 2 is 2.33 bits per heavy atom. The summed E-state index contributed by atoms with van der Waals surface area (Å²) in [5, 5.41) is 3.07. The highest BCUT2D eigenvalue weighted by Crippen LogP contribution is 2.19. The van der Waals surface area contributed by atoms with Crippen molar-refractivity contribution in [2.45, 2.75) is 12.8 Å². The zero-order chi connectivity index (χ0) is 11.3.